The number of benzene rings is 2. The first kappa shape index (κ1) is 20.7. The molecule has 2 N–H and O–H groups in total. The largest absolute Gasteiger partial charge is 0.490 e. The highest BCUT2D eigenvalue weighted by molar-refractivity contribution is 5.94. The Bertz CT molecular complexity index is 868. The minimum absolute atomic E-state index is 0.201. The van der Waals surface area contributed by atoms with Crippen molar-refractivity contribution in [2.24, 2.45) is 0 Å². The summed E-state index contributed by atoms with van der Waals surface area (Å²) >= 11 is 0. The Labute approximate surface area is 170 Å². The number of amides is 1. The molecule has 29 heavy (non-hydrogen) atoms. The highest BCUT2D eigenvalue weighted by Crippen LogP contribution is 2.28. The van der Waals surface area contributed by atoms with Crippen molar-refractivity contribution in [3.05, 3.63) is 59.2 Å². The van der Waals surface area contributed by atoms with Gasteiger partial charge in [0.2, 0.25) is 0 Å². The van der Waals surface area contributed by atoms with E-state index in [2.05, 4.69) is 34.5 Å². The molecular formula is C22H26N2O5. The highest BCUT2D eigenvalue weighted by atomic mass is 16.5. The van der Waals surface area contributed by atoms with Crippen molar-refractivity contribution < 1.29 is 24.2 Å². The molecular weight excluding hydrogens is 372 g/mol. The minimum Gasteiger partial charge on any atom is -0.490 e. The van der Waals surface area contributed by atoms with Gasteiger partial charge < -0.3 is 19.9 Å². The zero-order valence-electron chi connectivity index (χ0n) is 16.5. The molecule has 1 aliphatic heterocycles. The first-order valence-electron chi connectivity index (χ1n) is 9.75. The number of rotatable bonds is 9. The van der Waals surface area contributed by atoms with Gasteiger partial charge in [-0.2, -0.15) is 0 Å². The zero-order chi connectivity index (χ0) is 20.6. The predicted octanol–water partition coefficient (Wildman–Crippen LogP) is 2.34. The number of carbonyl (C=O) groups excluding carboxylic acids is 1. The monoisotopic (exact) mass is 398 g/mol. The highest BCUT2D eigenvalue weighted by Gasteiger charge is 2.16. The molecule has 0 aromatic heterocycles. The van der Waals surface area contributed by atoms with Crippen molar-refractivity contribution in [2.75, 3.05) is 32.8 Å². The van der Waals surface area contributed by atoms with Gasteiger partial charge in [0.25, 0.3) is 5.91 Å². The van der Waals surface area contributed by atoms with Crippen LogP contribution in [0.5, 0.6) is 11.5 Å². The van der Waals surface area contributed by atoms with Gasteiger partial charge in [-0.05, 0) is 42.7 Å². The third kappa shape index (κ3) is 5.71. The minimum atomic E-state index is -1.07. The summed E-state index contributed by atoms with van der Waals surface area (Å²) in [7, 11) is 0. The van der Waals surface area contributed by atoms with Gasteiger partial charge in [-0.25, -0.2) is 4.79 Å². The molecule has 154 valence electrons. The van der Waals surface area contributed by atoms with Crippen molar-refractivity contribution in [2.45, 2.75) is 19.9 Å². The Balaban J connectivity index is 1.53. The second kappa shape index (κ2) is 9.93. The molecule has 0 saturated heterocycles. The van der Waals surface area contributed by atoms with Gasteiger partial charge in [-0.15, -0.1) is 0 Å². The van der Waals surface area contributed by atoms with E-state index in [0.29, 0.717) is 30.2 Å². The van der Waals surface area contributed by atoms with Gasteiger partial charge in [0.1, 0.15) is 0 Å². The van der Waals surface area contributed by atoms with Gasteiger partial charge in [-0.3, -0.25) is 9.69 Å². The summed E-state index contributed by atoms with van der Waals surface area (Å²) in [6.45, 7) is 4.92. The van der Waals surface area contributed by atoms with Crippen LogP contribution in [0.2, 0.25) is 0 Å². The number of nitrogens with one attached hydrogen (secondary N) is 1. The lowest BCUT2D eigenvalue weighted by Gasteiger charge is -2.28. The van der Waals surface area contributed by atoms with Gasteiger partial charge >= 0.3 is 5.97 Å². The maximum atomic E-state index is 12.5. The van der Waals surface area contributed by atoms with Crippen LogP contribution in [0.3, 0.4) is 0 Å². The van der Waals surface area contributed by atoms with E-state index in [9.17, 15) is 9.59 Å². The molecule has 0 unspecified atom stereocenters. The van der Waals surface area contributed by atoms with Gasteiger partial charge in [0.15, 0.2) is 18.1 Å². The van der Waals surface area contributed by atoms with E-state index in [-0.39, 0.29) is 5.91 Å². The van der Waals surface area contributed by atoms with Crippen LogP contribution in [0.1, 0.15) is 28.4 Å². The third-order valence-electron chi connectivity index (χ3n) is 4.78. The number of ether oxygens (including phenoxy) is 2. The number of carboxylic acids is 1. The molecule has 3 rings (SSSR count). The normalized spacial score (nSPS) is 13.4. The molecule has 7 heteroatoms. The quantitative estimate of drug-likeness (QED) is 0.674. The molecule has 0 atom stereocenters. The maximum Gasteiger partial charge on any atom is 0.341 e. The van der Waals surface area contributed by atoms with Crippen LogP contribution in [0.15, 0.2) is 42.5 Å². The standard InChI is InChI=1S/C22H26N2O5/c1-2-28-20-13-17(7-8-19(20)29-15-21(25)26)22(27)23-10-12-24-11-9-16-5-3-4-6-18(16)14-24/h3-8,13H,2,9-12,14-15H2,1H3,(H,23,27)(H,25,26). The number of hydrogen-bond acceptors (Lipinski definition) is 5. The Morgan fingerprint density at radius 1 is 1.10 bits per heavy atom. The Morgan fingerprint density at radius 2 is 1.90 bits per heavy atom. The molecule has 0 bridgehead atoms. The molecule has 0 spiro atoms. The molecule has 0 saturated carbocycles. The lowest BCUT2D eigenvalue weighted by atomic mass is 10.00. The van der Waals surface area contributed by atoms with E-state index < -0.39 is 12.6 Å². The van der Waals surface area contributed by atoms with Crippen LogP contribution in [0.4, 0.5) is 0 Å². The first-order valence-corrected chi connectivity index (χ1v) is 9.75. The van der Waals surface area contributed by atoms with E-state index in [0.717, 1.165) is 26.1 Å². The van der Waals surface area contributed by atoms with Crippen LogP contribution >= 0.6 is 0 Å². The molecule has 0 fully saturated rings. The van der Waals surface area contributed by atoms with Crippen LogP contribution in [0.25, 0.3) is 0 Å². The number of carbonyl (C=O) groups is 2. The van der Waals surface area contributed by atoms with Gasteiger partial charge in [0, 0.05) is 31.7 Å². The fourth-order valence-electron chi connectivity index (χ4n) is 3.35. The van der Waals surface area contributed by atoms with Crippen LogP contribution < -0.4 is 14.8 Å². The molecule has 1 amide bonds. The van der Waals surface area contributed by atoms with Gasteiger partial charge in [0.05, 0.1) is 6.61 Å². The van der Waals surface area contributed by atoms with Crippen molar-refractivity contribution in [1.82, 2.24) is 10.2 Å². The van der Waals surface area contributed by atoms with E-state index in [1.165, 1.54) is 11.1 Å². The average molecular weight is 398 g/mol. The summed E-state index contributed by atoms with van der Waals surface area (Å²) in [4.78, 5) is 25.5. The summed E-state index contributed by atoms with van der Waals surface area (Å²) in [6.07, 6.45) is 1.03. The smallest absolute Gasteiger partial charge is 0.341 e. The lowest BCUT2D eigenvalue weighted by molar-refractivity contribution is -0.139. The first-order chi connectivity index (χ1) is 14.1. The second-order valence-electron chi connectivity index (χ2n) is 6.83. The molecule has 2 aromatic carbocycles. The number of nitrogens with zero attached hydrogens (tertiary/aromatic N) is 1. The third-order valence-corrected chi connectivity index (χ3v) is 4.78. The lowest BCUT2D eigenvalue weighted by Crippen LogP contribution is -2.37. The van der Waals surface area contributed by atoms with Crippen molar-refractivity contribution in [1.29, 1.82) is 0 Å². The van der Waals surface area contributed by atoms with Crippen LogP contribution in [0, 0.1) is 0 Å². The molecule has 2 aromatic rings. The van der Waals surface area contributed by atoms with E-state index in [1.807, 2.05) is 6.92 Å². The van der Waals surface area contributed by atoms with E-state index in [1.54, 1.807) is 18.2 Å². The summed E-state index contributed by atoms with van der Waals surface area (Å²) < 4.78 is 10.7. The molecule has 1 heterocycles. The fourth-order valence-corrected chi connectivity index (χ4v) is 3.35. The van der Waals surface area contributed by atoms with Crippen molar-refractivity contribution in [3.63, 3.8) is 0 Å². The average Bonchev–Trinajstić information content (AvgIpc) is 2.72. The van der Waals surface area contributed by atoms with Crippen molar-refractivity contribution >= 4 is 11.9 Å². The number of carboxylic acid groups (broad SMARTS) is 1. The number of aliphatic carboxylic acids is 1. The fraction of sp³-hybridized carbons (Fsp3) is 0.364. The topological polar surface area (TPSA) is 88.1 Å². The van der Waals surface area contributed by atoms with E-state index >= 15 is 0 Å². The zero-order valence-corrected chi connectivity index (χ0v) is 16.5. The summed E-state index contributed by atoms with van der Waals surface area (Å²) in [5.41, 5.74) is 3.20. The maximum absolute atomic E-state index is 12.5. The second-order valence-corrected chi connectivity index (χ2v) is 6.83. The van der Waals surface area contributed by atoms with Gasteiger partial charge in [-0.1, -0.05) is 24.3 Å². The number of fused-ring (bicyclic) bond motifs is 1. The molecule has 1 aliphatic rings. The Morgan fingerprint density at radius 3 is 2.66 bits per heavy atom. The van der Waals surface area contributed by atoms with E-state index in [4.69, 9.17) is 14.6 Å². The summed E-state index contributed by atoms with van der Waals surface area (Å²) in [6, 6.07) is 13.2. The van der Waals surface area contributed by atoms with Crippen LogP contribution in [-0.2, 0) is 17.8 Å². The Kier molecular flexibility index (Phi) is 7.08. The molecule has 0 radical (unpaired) electrons. The predicted molar refractivity (Wildman–Crippen MR) is 108 cm³/mol. The molecule has 7 nitrogen and oxygen atoms in total. The summed E-state index contributed by atoms with van der Waals surface area (Å²) in [5.74, 6) is -0.616. The SMILES string of the molecule is CCOc1cc(C(=O)NCCN2CCc3ccccc3C2)ccc1OCC(=O)O. The summed E-state index contributed by atoms with van der Waals surface area (Å²) in [5, 5.41) is 11.7. The number of hydrogen-bond donors (Lipinski definition) is 2. The van der Waals surface area contributed by atoms with Crippen LogP contribution in [-0.4, -0.2) is 54.7 Å². The molecule has 0 aliphatic carbocycles. The Hall–Kier alpha value is -3.06. The van der Waals surface area contributed by atoms with Crippen molar-refractivity contribution in [3.8, 4) is 11.5 Å².